The fourth-order valence-corrected chi connectivity index (χ4v) is 4.73. The van der Waals surface area contributed by atoms with E-state index in [0.717, 1.165) is 24.3 Å². The van der Waals surface area contributed by atoms with Gasteiger partial charge in [-0.1, -0.05) is 42.5 Å². The summed E-state index contributed by atoms with van der Waals surface area (Å²) in [5, 5.41) is 5.23. The van der Waals surface area contributed by atoms with Crippen LogP contribution in [0.3, 0.4) is 0 Å². The van der Waals surface area contributed by atoms with Crippen LogP contribution in [0.4, 0.5) is 0 Å². The summed E-state index contributed by atoms with van der Waals surface area (Å²) in [6.07, 6.45) is 0.883. The highest BCUT2D eigenvalue weighted by molar-refractivity contribution is 7.89. The van der Waals surface area contributed by atoms with Crippen molar-refractivity contribution >= 4 is 10.0 Å². The Morgan fingerprint density at radius 2 is 1.61 bits per heavy atom. The van der Waals surface area contributed by atoms with Crippen LogP contribution < -0.4 is 14.6 Å². The van der Waals surface area contributed by atoms with Crippen LogP contribution in [0.1, 0.15) is 28.3 Å². The Hall–Kier alpha value is -2.87. The minimum absolute atomic E-state index is 0.0441. The second-order valence-corrected chi connectivity index (χ2v) is 9.19. The van der Waals surface area contributed by atoms with E-state index >= 15 is 0 Å². The number of rotatable bonds is 6. The molecule has 1 aliphatic heterocycles. The molecule has 31 heavy (non-hydrogen) atoms. The number of nitrogens with zero attached hydrogens (tertiary/aromatic N) is 1. The number of nitrogens with two attached hydrogens (primary N) is 1. The quantitative estimate of drug-likeness (QED) is 0.637. The van der Waals surface area contributed by atoms with E-state index in [1.54, 1.807) is 26.4 Å². The molecule has 3 aromatic carbocycles. The number of hydrogen-bond donors (Lipinski definition) is 1. The summed E-state index contributed by atoms with van der Waals surface area (Å²) < 4.78 is 34.2. The van der Waals surface area contributed by atoms with Crippen molar-refractivity contribution in [2.24, 2.45) is 5.14 Å². The summed E-state index contributed by atoms with van der Waals surface area (Å²) in [7, 11) is -0.400. The highest BCUT2D eigenvalue weighted by atomic mass is 32.2. The Balaban J connectivity index is 1.73. The van der Waals surface area contributed by atoms with Crippen molar-refractivity contribution in [1.82, 2.24) is 4.90 Å². The highest BCUT2D eigenvalue weighted by Crippen LogP contribution is 2.41. The average molecular weight is 439 g/mol. The van der Waals surface area contributed by atoms with E-state index in [0.29, 0.717) is 12.3 Å². The second kappa shape index (κ2) is 8.70. The molecule has 1 aliphatic rings. The molecule has 4 rings (SSSR count). The molecule has 0 aromatic heterocycles. The molecule has 1 atom stereocenters. The second-order valence-electron chi connectivity index (χ2n) is 7.63. The number of hydrogen-bond acceptors (Lipinski definition) is 5. The molecule has 0 saturated heterocycles. The van der Waals surface area contributed by atoms with E-state index in [-0.39, 0.29) is 10.9 Å². The Bertz CT molecular complexity index is 1160. The number of primary sulfonamides is 1. The summed E-state index contributed by atoms with van der Waals surface area (Å²) in [6.45, 7) is 1.54. The number of ether oxygens (including phenoxy) is 2. The average Bonchev–Trinajstić information content (AvgIpc) is 2.78. The monoisotopic (exact) mass is 438 g/mol. The Kier molecular flexibility index (Phi) is 6.00. The van der Waals surface area contributed by atoms with E-state index in [2.05, 4.69) is 29.2 Å². The van der Waals surface area contributed by atoms with E-state index in [9.17, 15) is 8.42 Å². The highest BCUT2D eigenvalue weighted by Gasteiger charge is 2.30. The van der Waals surface area contributed by atoms with Crippen LogP contribution in [0.5, 0.6) is 11.5 Å². The van der Waals surface area contributed by atoms with Gasteiger partial charge in [0.25, 0.3) is 0 Å². The van der Waals surface area contributed by atoms with Gasteiger partial charge in [-0.05, 0) is 52.9 Å². The largest absolute Gasteiger partial charge is 0.493 e. The van der Waals surface area contributed by atoms with Crippen molar-refractivity contribution < 1.29 is 17.9 Å². The number of sulfonamides is 1. The van der Waals surface area contributed by atoms with Gasteiger partial charge in [-0.2, -0.15) is 0 Å². The van der Waals surface area contributed by atoms with Crippen LogP contribution in [0, 0.1) is 0 Å². The lowest BCUT2D eigenvalue weighted by atomic mass is 9.87. The van der Waals surface area contributed by atoms with Gasteiger partial charge in [-0.15, -0.1) is 0 Å². The molecule has 0 fully saturated rings. The lowest BCUT2D eigenvalue weighted by Gasteiger charge is -2.38. The number of fused-ring (bicyclic) bond motifs is 1. The fraction of sp³-hybridized carbons (Fsp3) is 0.250. The normalized spacial score (nSPS) is 16.5. The standard InChI is InChI=1S/C24H26N2O4S/c1-29-22-14-19-12-13-26(16-17-8-10-20(11-9-17)31(25,27)28)24(18-6-4-3-5-7-18)21(19)15-23(22)30-2/h3-11,14-15,24H,12-13,16H2,1-2H3,(H2,25,27,28). The van der Waals surface area contributed by atoms with Gasteiger partial charge >= 0.3 is 0 Å². The zero-order chi connectivity index (χ0) is 22.0. The molecule has 162 valence electrons. The van der Waals surface area contributed by atoms with Crippen LogP contribution in [0.25, 0.3) is 0 Å². The van der Waals surface area contributed by atoms with E-state index in [1.807, 2.05) is 30.3 Å². The molecule has 6 nitrogen and oxygen atoms in total. The maximum absolute atomic E-state index is 11.6. The van der Waals surface area contributed by atoms with E-state index in [1.165, 1.54) is 16.7 Å². The summed E-state index contributed by atoms with van der Waals surface area (Å²) in [6, 6.07) is 21.3. The molecule has 1 unspecified atom stereocenters. The Labute approximate surface area is 183 Å². The lowest BCUT2D eigenvalue weighted by Crippen LogP contribution is -2.35. The van der Waals surface area contributed by atoms with Crippen molar-refractivity contribution in [1.29, 1.82) is 0 Å². The van der Waals surface area contributed by atoms with Gasteiger partial charge in [0.15, 0.2) is 11.5 Å². The van der Waals surface area contributed by atoms with Crippen LogP contribution in [-0.4, -0.2) is 34.1 Å². The van der Waals surface area contributed by atoms with Crippen LogP contribution in [0.15, 0.2) is 71.6 Å². The molecular weight excluding hydrogens is 412 g/mol. The Morgan fingerprint density at radius 3 is 2.23 bits per heavy atom. The summed E-state index contributed by atoms with van der Waals surface area (Å²) in [4.78, 5) is 2.52. The van der Waals surface area contributed by atoms with Gasteiger partial charge in [0, 0.05) is 13.1 Å². The first-order valence-corrected chi connectivity index (χ1v) is 11.6. The van der Waals surface area contributed by atoms with Crippen molar-refractivity contribution in [3.63, 3.8) is 0 Å². The van der Waals surface area contributed by atoms with Gasteiger partial charge < -0.3 is 9.47 Å². The molecule has 2 N–H and O–H groups in total. The third-order valence-electron chi connectivity index (χ3n) is 5.73. The van der Waals surface area contributed by atoms with Crippen molar-refractivity contribution in [3.05, 3.63) is 89.0 Å². The molecule has 0 spiro atoms. The third kappa shape index (κ3) is 4.44. The van der Waals surface area contributed by atoms with Gasteiger partial charge in [0.2, 0.25) is 10.0 Å². The molecule has 1 heterocycles. The molecular formula is C24H26N2O4S. The first kappa shape index (κ1) is 21.4. The fourth-order valence-electron chi connectivity index (χ4n) is 4.21. The molecule has 7 heteroatoms. The van der Waals surface area contributed by atoms with Crippen molar-refractivity contribution in [2.75, 3.05) is 20.8 Å². The third-order valence-corrected chi connectivity index (χ3v) is 6.66. The van der Waals surface area contributed by atoms with E-state index < -0.39 is 10.0 Å². The summed E-state index contributed by atoms with van der Waals surface area (Å²) in [5.74, 6) is 1.45. The lowest BCUT2D eigenvalue weighted by molar-refractivity contribution is 0.203. The minimum Gasteiger partial charge on any atom is -0.493 e. The zero-order valence-corrected chi connectivity index (χ0v) is 18.4. The molecule has 3 aromatic rings. The van der Waals surface area contributed by atoms with Crippen LogP contribution >= 0.6 is 0 Å². The first-order valence-electron chi connectivity index (χ1n) is 10.1. The Morgan fingerprint density at radius 1 is 0.968 bits per heavy atom. The molecule has 0 aliphatic carbocycles. The van der Waals surface area contributed by atoms with E-state index in [4.69, 9.17) is 14.6 Å². The minimum atomic E-state index is -3.70. The van der Waals surface area contributed by atoms with Crippen molar-refractivity contribution in [3.8, 4) is 11.5 Å². The molecule has 0 amide bonds. The smallest absolute Gasteiger partial charge is 0.238 e. The van der Waals surface area contributed by atoms with Crippen LogP contribution in [-0.2, 0) is 23.0 Å². The summed E-state index contributed by atoms with van der Waals surface area (Å²) >= 11 is 0. The molecule has 0 bridgehead atoms. The first-order chi connectivity index (χ1) is 14.9. The number of benzene rings is 3. The molecule has 0 saturated carbocycles. The summed E-state index contributed by atoms with van der Waals surface area (Å²) in [5.41, 5.74) is 4.65. The van der Waals surface area contributed by atoms with Gasteiger partial charge in [-0.3, -0.25) is 4.90 Å². The SMILES string of the molecule is COc1cc2c(cc1OC)C(c1ccccc1)N(Cc1ccc(S(N)(=O)=O)cc1)CC2. The van der Waals surface area contributed by atoms with Gasteiger partial charge in [-0.25, -0.2) is 13.6 Å². The number of methoxy groups -OCH3 is 2. The van der Waals surface area contributed by atoms with Gasteiger partial charge in [0.05, 0.1) is 25.2 Å². The topological polar surface area (TPSA) is 81.9 Å². The maximum atomic E-state index is 11.6. The predicted octanol–water partition coefficient (Wildman–Crippen LogP) is 3.50. The molecule has 0 radical (unpaired) electrons. The predicted molar refractivity (Wildman–Crippen MR) is 120 cm³/mol. The van der Waals surface area contributed by atoms with Crippen LogP contribution in [0.2, 0.25) is 0 Å². The zero-order valence-electron chi connectivity index (χ0n) is 17.6. The maximum Gasteiger partial charge on any atom is 0.238 e. The van der Waals surface area contributed by atoms with Gasteiger partial charge in [0.1, 0.15) is 0 Å². The van der Waals surface area contributed by atoms with Crippen molar-refractivity contribution in [2.45, 2.75) is 23.9 Å².